The second kappa shape index (κ2) is 8.23. The number of pyridine rings is 1. The van der Waals surface area contributed by atoms with Crippen molar-refractivity contribution in [3.05, 3.63) is 54.7 Å². The summed E-state index contributed by atoms with van der Waals surface area (Å²) in [6.45, 7) is 0. The molecule has 2 fully saturated rings. The van der Waals surface area contributed by atoms with Crippen LogP contribution in [0, 0.1) is 0 Å². The van der Waals surface area contributed by atoms with E-state index < -0.39 is 6.17 Å². The lowest BCUT2D eigenvalue weighted by Gasteiger charge is -2.46. The molecule has 4 heterocycles. The molecule has 2 bridgehead atoms. The molecule has 0 spiro atoms. The molecule has 2 aliphatic rings. The van der Waals surface area contributed by atoms with Gasteiger partial charge in [-0.3, -0.25) is 4.98 Å². The van der Waals surface area contributed by atoms with Crippen LogP contribution in [-0.4, -0.2) is 51.6 Å². The van der Waals surface area contributed by atoms with Crippen molar-refractivity contribution in [2.24, 2.45) is 0 Å². The summed E-state index contributed by atoms with van der Waals surface area (Å²) in [7, 11) is 1.89. The predicted octanol–water partition coefficient (Wildman–Crippen LogP) is 3.97. The third-order valence-corrected chi connectivity index (χ3v) is 6.54. The van der Waals surface area contributed by atoms with Gasteiger partial charge in [-0.1, -0.05) is 18.6 Å². The van der Waals surface area contributed by atoms with Crippen LogP contribution in [0.15, 0.2) is 54.7 Å². The van der Waals surface area contributed by atoms with Crippen LogP contribution < -0.4 is 10.2 Å². The summed E-state index contributed by atoms with van der Waals surface area (Å²) in [6.07, 6.45) is 4.65. The molecule has 2 saturated heterocycles. The minimum absolute atomic E-state index is 0.0678. The van der Waals surface area contributed by atoms with Crippen molar-refractivity contribution in [1.29, 1.82) is 0 Å². The predicted molar refractivity (Wildman–Crippen MR) is 119 cm³/mol. The second-order valence-electron chi connectivity index (χ2n) is 8.48. The van der Waals surface area contributed by atoms with E-state index in [1.165, 1.54) is 0 Å². The normalized spacial score (nSPS) is 25.2. The van der Waals surface area contributed by atoms with Crippen LogP contribution in [-0.2, 0) is 0 Å². The molecule has 7 heteroatoms. The SMILES string of the molecule is CN(c1ccc(-c2ccc(-c3ccccn3)cc2O)nn1)[C@@H]1C[C@@H]2CCC[C@@H](N2)[C@@H]1F. The lowest BCUT2D eigenvalue weighted by Crippen LogP contribution is -2.61. The molecule has 0 saturated carbocycles. The van der Waals surface area contributed by atoms with Gasteiger partial charge < -0.3 is 15.3 Å². The Morgan fingerprint density at radius 3 is 2.71 bits per heavy atom. The first-order valence-corrected chi connectivity index (χ1v) is 10.8. The van der Waals surface area contributed by atoms with Gasteiger partial charge in [-0.25, -0.2) is 4.39 Å². The van der Waals surface area contributed by atoms with Gasteiger partial charge in [0.05, 0.1) is 17.4 Å². The van der Waals surface area contributed by atoms with E-state index in [4.69, 9.17) is 0 Å². The summed E-state index contributed by atoms with van der Waals surface area (Å²) in [4.78, 5) is 6.23. The minimum atomic E-state index is -0.925. The zero-order valence-corrected chi connectivity index (χ0v) is 17.4. The first kappa shape index (κ1) is 19.9. The summed E-state index contributed by atoms with van der Waals surface area (Å²) in [5.74, 6) is 0.759. The van der Waals surface area contributed by atoms with Gasteiger partial charge in [-0.15, -0.1) is 10.2 Å². The van der Waals surface area contributed by atoms with Gasteiger partial charge in [-0.2, -0.15) is 0 Å². The number of phenolic OH excluding ortho intramolecular Hbond substituents is 1. The number of hydrogen-bond donors (Lipinski definition) is 2. The molecule has 2 aliphatic heterocycles. The van der Waals surface area contributed by atoms with Crippen molar-refractivity contribution in [3.63, 3.8) is 0 Å². The Hall–Kier alpha value is -3.06. The van der Waals surface area contributed by atoms with Crippen LogP contribution in [0.4, 0.5) is 10.2 Å². The number of rotatable bonds is 4. The smallest absolute Gasteiger partial charge is 0.151 e. The third kappa shape index (κ3) is 3.85. The van der Waals surface area contributed by atoms with E-state index in [9.17, 15) is 5.11 Å². The molecule has 6 nitrogen and oxygen atoms in total. The largest absolute Gasteiger partial charge is 0.507 e. The van der Waals surface area contributed by atoms with Gasteiger partial charge >= 0.3 is 0 Å². The summed E-state index contributed by atoms with van der Waals surface area (Å²) in [6, 6.07) is 14.8. The van der Waals surface area contributed by atoms with Gasteiger partial charge in [0.25, 0.3) is 0 Å². The highest BCUT2D eigenvalue weighted by Crippen LogP contribution is 2.34. The fourth-order valence-corrected chi connectivity index (χ4v) is 4.82. The van der Waals surface area contributed by atoms with Crippen molar-refractivity contribution in [1.82, 2.24) is 20.5 Å². The monoisotopic (exact) mass is 419 g/mol. The van der Waals surface area contributed by atoms with Crippen molar-refractivity contribution in [2.75, 3.05) is 11.9 Å². The standard InChI is InChI=1S/C24H26FN5O/c1-30(21-14-16-5-4-7-20(27-16)24(21)25)23-11-10-19(28-29-23)17-9-8-15(13-22(17)31)18-6-2-3-12-26-18/h2-3,6,8-13,16,20-21,24,27,31H,4-5,7,14H2,1H3/t16-,20+,21+,24-/m0/s1. The van der Waals surface area contributed by atoms with Crippen LogP contribution in [0.3, 0.4) is 0 Å². The fourth-order valence-electron chi connectivity index (χ4n) is 4.82. The summed E-state index contributed by atoms with van der Waals surface area (Å²) >= 11 is 0. The number of nitrogens with zero attached hydrogens (tertiary/aromatic N) is 4. The quantitative estimate of drug-likeness (QED) is 0.667. The number of aromatic nitrogens is 3. The van der Waals surface area contributed by atoms with E-state index in [-0.39, 0.29) is 17.8 Å². The van der Waals surface area contributed by atoms with Crippen LogP contribution in [0.5, 0.6) is 5.75 Å². The molecule has 0 aliphatic carbocycles. The number of fused-ring (bicyclic) bond motifs is 2. The van der Waals surface area contributed by atoms with Crippen LogP contribution in [0.2, 0.25) is 0 Å². The minimum Gasteiger partial charge on any atom is -0.507 e. The number of aromatic hydroxyl groups is 1. The Morgan fingerprint density at radius 2 is 1.97 bits per heavy atom. The summed E-state index contributed by atoms with van der Waals surface area (Å²) in [5.41, 5.74) is 2.79. The number of nitrogens with one attached hydrogen (secondary N) is 1. The van der Waals surface area contributed by atoms with E-state index in [1.54, 1.807) is 12.3 Å². The molecule has 0 unspecified atom stereocenters. The topological polar surface area (TPSA) is 74.2 Å². The van der Waals surface area contributed by atoms with E-state index in [2.05, 4.69) is 20.5 Å². The number of phenols is 1. The lowest BCUT2D eigenvalue weighted by atomic mass is 9.82. The molecular weight excluding hydrogens is 393 g/mol. The average molecular weight is 420 g/mol. The zero-order valence-electron chi connectivity index (χ0n) is 17.4. The molecule has 2 N–H and O–H groups in total. The van der Waals surface area contributed by atoms with E-state index >= 15 is 4.39 Å². The highest BCUT2D eigenvalue weighted by molar-refractivity contribution is 5.73. The van der Waals surface area contributed by atoms with Gasteiger partial charge in [0.2, 0.25) is 0 Å². The van der Waals surface area contributed by atoms with E-state index in [0.29, 0.717) is 23.1 Å². The molecule has 2 aromatic heterocycles. The van der Waals surface area contributed by atoms with E-state index in [1.807, 2.05) is 54.4 Å². The first-order valence-electron chi connectivity index (χ1n) is 10.8. The third-order valence-electron chi connectivity index (χ3n) is 6.54. The van der Waals surface area contributed by atoms with Crippen molar-refractivity contribution < 1.29 is 9.50 Å². The number of benzene rings is 1. The Labute approximate surface area is 181 Å². The lowest BCUT2D eigenvalue weighted by molar-refractivity contribution is 0.107. The average Bonchev–Trinajstić information content (AvgIpc) is 2.82. The fraction of sp³-hybridized carbons (Fsp3) is 0.375. The van der Waals surface area contributed by atoms with Gasteiger partial charge in [0.15, 0.2) is 5.82 Å². The number of anilines is 1. The van der Waals surface area contributed by atoms with Crippen LogP contribution in [0.1, 0.15) is 25.7 Å². The molecule has 4 atom stereocenters. The van der Waals surface area contributed by atoms with Crippen molar-refractivity contribution in [3.8, 4) is 28.3 Å². The number of halogens is 1. The van der Waals surface area contributed by atoms with Crippen LogP contribution in [0.25, 0.3) is 22.5 Å². The maximum atomic E-state index is 15.0. The molecule has 1 aromatic carbocycles. The zero-order chi connectivity index (χ0) is 21.4. The highest BCUT2D eigenvalue weighted by Gasteiger charge is 2.41. The molecular formula is C24H26FN5O. The van der Waals surface area contributed by atoms with Gasteiger partial charge in [0, 0.05) is 36.5 Å². The van der Waals surface area contributed by atoms with Crippen LogP contribution >= 0.6 is 0 Å². The maximum Gasteiger partial charge on any atom is 0.151 e. The number of hydrogen-bond acceptors (Lipinski definition) is 6. The summed E-state index contributed by atoms with van der Waals surface area (Å²) < 4.78 is 15.0. The Bertz CT molecular complexity index is 1050. The molecule has 31 heavy (non-hydrogen) atoms. The molecule has 0 amide bonds. The Kier molecular flexibility index (Phi) is 5.28. The Balaban J connectivity index is 1.35. The molecule has 160 valence electrons. The Morgan fingerprint density at radius 1 is 1.06 bits per heavy atom. The highest BCUT2D eigenvalue weighted by atomic mass is 19.1. The number of piperidine rings is 2. The molecule has 3 aromatic rings. The summed E-state index contributed by atoms with van der Waals surface area (Å²) in [5, 5.41) is 22.6. The first-order chi connectivity index (χ1) is 15.1. The second-order valence-corrected chi connectivity index (χ2v) is 8.48. The molecule has 0 radical (unpaired) electrons. The van der Waals surface area contributed by atoms with E-state index in [0.717, 1.165) is 36.9 Å². The van der Waals surface area contributed by atoms with Crippen molar-refractivity contribution >= 4 is 5.82 Å². The molecule has 5 rings (SSSR count). The number of alkyl halides is 1. The van der Waals surface area contributed by atoms with Gasteiger partial charge in [-0.05, 0) is 55.7 Å². The maximum absolute atomic E-state index is 15.0. The van der Waals surface area contributed by atoms with Gasteiger partial charge in [0.1, 0.15) is 11.9 Å². The van der Waals surface area contributed by atoms with Crippen molar-refractivity contribution in [2.45, 2.75) is 50.0 Å².